The molecule has 126 valence electrons. The molecule has 0 spiro atoms. The summed E-state index contributed by atoms with van der Waals surface area (Å²) in [4.78, 5) is 0. The smallest absolute Gasteiger partial charge is 0.279 e. The van der Waals surface area contributed by atoms with E-state index in [1.807, 2.05) is 0 Å². The molecule has 21 heavy (non-hydrogen) atoms. The summed E-state index contributed by atoms with van der Waals surface area (Å²) in [6.07, 6.45) is 5.05. The molecule has 0 aromatic heterocycles. The van der Waals surface area contributed by atoms with E-state index in [2.05, 4.69) is 37.7 Å². The fourth-order valence-corrected chi connectivity index (χ4v) is 4.30. The van der Waals surface area contributed by atoms with Crippen LogP contribution in [-0.4, -0.2) is 44.4 Å². The van der Waals surface area contributed by atoms with Gasteiger partial charge >= 0.3 is 0 Å². The van der Waals surface area contributed by atoms with Gasteiger partial charge in [-0.1, -0.05) is 47.0 Å². The summed E-state index contributed by atoms with van der Waals surface area (Å²) in [6, 6.07) is 0.467. The van der Waals surface area contributed by atoms with E-state index < -0.39 is 10.2 Å². The highest BCUT2D eigenvalue weighted by molar-refractivity contribution is 7.87. The topological polar surface area (TPSA) is 61.4 Å². The summed E-state index contributed by atoms with van der Waals surface area (Å²) < 4.78 is 29.6. The van der Waals surface area contributed by atoms with Crippen molar-refractivity contribution >= 4 is 10.2 Å². The summed E-state index contributed by atoms with van der Waals surface area (Å²) >= 11 is 0. The third-order valence-corrected chi connectivity index (χ3v) is 5.98. The first-order valence-electron chi connectivity index (χ1n) is 8.40. The second-order valence-electron chi connectivity index (χ2n) is 6.36. The quantitative estimate of drug-likeness (QED) is 0.684. The third-order valence-electron chi connectivity index (χ3n) is 4.35. The first-order chi connectivity index (χ1) is 9.90. The Balaban J connectivity index is 2.63. The summed E-state index contributed by atoms with van der Waals surface area (Å²) in [5, 5.41) is 3.37. The number of nitrogens with zero attached hydrogens (tertiary/aromatic N) is 1. The van der Waals surface area contributed by atoms with E-state index >= 15 is 0 Å². The molecule has 5 nitrogen and oxygen atoms in total. The van der Waals surface area contributed by atoms with Crippen LogP contribution in [0.4, 0.5) is 0 Å². The predicted molar refractivity (Wildman–Crippen MR) is 88.5 cm³/mol. The van der Waals surface area contributed by atoms with Crippen LogP contribution in [0.25, 0.3) is 0 Å². The lowest BCUT2D eigenvalue weighted by molar-refractivity contribution is 0.238. The van der Waals surface area contributed by atoms with Crippen molar-refractivity contribution in [2.24, 2.45) is 5.92 Å². The number of hydrogen-bond acceptors (Lipinski definition) is 3. The molecule has 0 aromatic carbocycles. The molecule has 1 aliphatic heterocycles. The van der Waals surface area contributed by atoms with E-state index in [0.717, 1.165) is 38.6 Å². The maximum Gasteiger partial charge on any atom is 0.279 e. The number of hydrogen-bond donors (Lipinski definition) is 2. The minimum absolute atomic E-state index is 0.0837. The molecule has 1 rings (SSSR count). The third kappa shape index (κ3) is 6.22. The van der Waals surface area contributed by atoms with E-state index in [1.165, 1.54) is 0 Å². The minimum Gasteiger partial charge on any atom is -0.313 e. The van der Waals surface area contributed by atoms with Crippen LogP contribution in [0.1, 0.15) is 59.8 Å². The van der Waals surface area contributed by atoms with Crippen molar-refractivity contribution in [1.82, 2.24) is 14.3 Å². The van der Waals surface area contributed by atoms with Gasteiger partial charge in [0, 0.05) is 31.7 Å². The van der Waals surface area contributed by atoms with Crippen LogP contribution in [0.15, 0.2) is 0 Å². The largest absolute Gasteiger partial charge is 0.313 e. The van der Waals surface area contributed by atoms with Crippen molar-refractivity contribution in [1.29, 1.82) is 0 Å². The van der Waals surface area contributed by atoms with Gasteiger partial charge in [-0.05, 0) is 18.8 Å². The molecule has 0 saturated carbocycles. The molecule has 0 bridgehead atoms. The lowest BCUT2D eigenvalue weighted by Gasteiger charge is -2.35. The molecular formula is C15H33N3O2S. The molecular weight excluding hydrogens is 286 g/mol. The molecule has 1 heterocycles. The molecule has 0 aromatic rings. The Hall–Kier alpha value is -0.170. The molecule has 1 saturated heterocycles. The maximum atomic E-state index is 12.6. The molecule has 0 radical (unpaired) electrons. The Morgan fingerprint density at radius 3 is 2.43 bits per heavy atom. The Morgan fingerprint density at radius 2 is 1.86 bits per heavy atom. The lowest BCUT2D eigenvalue weighted by atomic mass is 10.0. The van der Waals surface area contributed by atoms with E-state index in [0.29, 0.717) is 25.0 Å². The van der Waals surface area contributed by atoms with E-state index in [-0.39, 0.29) is 6.04 Å². The van der Waals surface area contributed by atoms with Gasteiger partial charge in [0.05, 0.1) is 0 Å². The van der Waals surface area contributed by atoms with Crippen LogP contribution in [0.3, 0.4) is 0 Å². The monoisotopic (exact) mass is 319 g/mol. The lowest BCUT2D eigenvalue weighted by Crippen LogP contribution is -2.53. The number of rotatable bonds is 9. The fourth-order valence-electron chi connectivity index (χ4n) is 2.75. The second kappa shape index (κ2) is 9.08. The molecule has 0 aliphatic carbocycles. The summed E-state index contributed by atoms with van der Waals surface area (Å²) in [5.41, 5.74) is 0. The highest BCUT2D eigenvalue weighted by atomic mass is 32.2. The Labute approximate surface area is 131 Å². The zero-order valence-electron chi connectivity index (χ0n) is 14.1. The fraction of sp³-hybridized carbons (Fsp3) is 1.00. The molecule has 2 N–H and O–H groups in total. The zero-order chi connectivity index (χ0) is 15.9. The van der Waals surface area contributed by atoms with E-state index in [9.17, 15) is 8.42 Å². The Kier molecular flexibility index (Phi) is 8.16. The van der Waals surface area contributed by atoms with Crippen molar-refractivity contribution in [3.05, 3.63) is 0 Å². The minimum atomic E-state index is -3.35. The number of piperidine rings is 1. The van der Waals surface area contributed by atoms with Gasteiger partial charge < -0.3 is 5.32 Å². The average Bonchev–Trinajstić information content (AvgIpc) is 2.46. The molecule has 1 aliphatic rings. The van der Waals surface area contributed by atoms with Gasteiger partial charge in [0.25, 0.3) is 10.2 Å². The van der Waals surface area contributed by atoms with Crippen molar-refractivity contribution in [2.45, 2.75) is 71.9 Å². The normalized spacial score (nSPS) is 21.3. The first kappa shape index (κ1) is 18.9. The van der Waals surface area contributed by atoms with Gasteiger partial charge in [-0.15, -0.1) is 0 Å². The van der Waals surface area contributed by atoms with Crippen LogP contribution >= 0.6 is 0 Å². The van der Waals surface area contributed by atoms with E-state index in [4.69, 9.17) is 0 Å². The van der Waals surface area contributed by atoms with Crippen LogP contribution in [-0.2, 0) is 10.2 Å². The Morgan fingerprint density at radius 1 is 1.19 bits per heavy atom. The van der Waals surface area contributed by atoms with Crippen molar-refractivity contribution in [3.8, 4) is 0 Å². The highest BCUT2D eigenvalue weighted by Gasteiger charge is 2.32. The highest BCUT2D eigenvalue weighted by Crippen LogP contribution is 2.20. The molecule has 1 atom stereocenters. The van der Waals surface area contributed by atoms with Gasteiger partial charge in [0.15, 0.2) is 0 Å². The molecule has 0 amide bonds. The van der Waals surface area contributed by atoms with Crippen LogP contribution in [0.2, 0.25) is 0 Å². The summed E-state index contributed by atoms with van der Waals surface area (Å²) in [5.74, 6) is 0.428. The Bertz CT molecular complexity index is 380. The van der Waals surface area contributed by atoms with Gasteiger partial charge in [0.2, 0.25) is 0 Å². The summed E-state index contributed by atoms with van der Waals surface area (Å²) in [6.45, 7) is 10.3. The average molecular weight is 320 g/mol. The predicted octanol–water partition coefficient (Wildman–Crippen LogP) is 2.11. The van der Waals surface area contributed by atoms with Crippen molar-refractivity contribution in [3.63, 3.8) is 0 Å². The second-order valence-corrected chi connectivity index (χ2v) is 8.07. The SMILES string of the molecule is CCC(CC)CNS(=O)(=O)N1CCCCC1CNC(C)C. The molecule has 1 unspecified atom stereocenters. The van der Waals surface area contributed by atoms with E-state index in [1.54, 1.807) is 4.31 Å². The molecule has 6 heteroatoms. The van der Waals surface area contributed by atoms with Crippen molar-refractivity contribution in [2.75, 3.05) is 19.6 Å². The van der Waals surface area contributed by atoms with Gasteiger partial charge in [-0.3, -0.25) is 0 Å². The van der Waals surface area contributed by atoms with Crippen LogP contribution in [0.5, 0.6) is 0 Å². The standard InChI is InChI=1S/C15H33N3O2S/c1-5-14(6-2)11-17-21(19,20)18-10-8-7-9-15(18)12-16-13(3)4/h13-17H,5-12H2,1-4H3. The maximum absolute atomic E-state index is 12.6. The van der Waals surface area contributed by atoms with Gasteiger partial charge in [-0.25, -0.2) is 4.72 Å². The van der Waals surface area contributed by atoms with Gasteiger partial charge in [0.1, 0.15) is 0 Å². The summed E-state index contributed by atoms with van der Waals surface area (Å²) in [7, 11) is -3.35. The zero-order valence-corrected chi connectivity index (χ0v) is 14.9. The molecule has 1 fully saturated rings. The number of nitrogens with one attached hydrogen (secondary N) is 2. The van der Waals surface area contributed by atoms with Gasteiger partial charge in [-0.2, -0.15) is 12.7 Å². The van der Waals surface area contributed by atoms with Crippen molar-refractivity contribution < 1.29 is 8.42 Å². The first-order valence-corrected chi connectivity index (χ1v) is 9.84. The van der Waals surface area contributed by atoms with Crippen LogP contribution in [0, 0.1) is 5.92 Å². The van der Waals surface area contributed by atoms with Crippen LogP contribution < -0.4 is 10.0 Å².